The van der Waals surface area contributed by atoms with Crippen LogP contribution < -0.4 is 5.32 Å². The van der Waals surface area contributed by atoms with Crippen LogP contribution in [0.15, 0.2) is 35.3 Å². The third kappa shape index (κ3) is 4.00. The molecule has 3 aliphatic heterocycles. The first-order valence-electron chi connectivity index (χ1n) is 10.0. The van der Waals surface area contributed by atoms with E-state index in [4.69, 9.17) is 9.73 Å². The van der Waals surface area contributed by atoms with Crippen molar-refractivity contribution in [3.63, 3.8) is 0 Å². The van der Waals surface area contributed by atoms with Crippen molar-refractivity contribution in [3.8, 4) is 0 Å². The number of hydrogen-bond acceptors (Lipinski definition) is 4. The molecular formula is C21H31N3O. The van der Waals surface area contributed by atoms with Gasteiger partial charge < -0.3 is 15.0 Å². The van der Waals surface area contributed by atoms with Crippen molar-refractivity contribution in [2.24, 2.45) is 4.99 Å². The Kier molecular flexibility index (Phi) is 5.25. The van der Waals surface area contributed by atoms with E-state index in [2.05, 4.69) is 41.4 Å². The van der Waals surface area contributed by atoms with E-state index in [1.807, 2.05) is 6.07 Å². The van der Waals surface area contributed by atoms with Crippen molar-refractivity contribution >= 4 is 5.96 Å². The van der Waals surface area contributed by atoms with Crippen LogP contribution >= 0.6 is 0 Å². The average Bonchev–Trinajstić information content (AvgIpc) is 3.02. The lowest BCUT2D eigenvalue weighted by molar-refractivity contribution is 0.116. The second-order valence-electron chi connectivity index (χ2n) is 7.95. The van der Waals surface area contributed by atoms with Gasteiger partial charge in [0.2, 0.25) is 0 Å². The summed E-state index contributed by atoms with van der Waals surface area (Å²) in [7, 11) is 0. The van der Waals surface area contributed by atoms with Crippen LogP contribution in [0, 0.1) is 0 Å². The third-order valence-corrected chi connectivity index (χ3v) is 5.90. The van der Waals surface area contributed by atoms with Gasteiger partial charge in [-0.2, -0.15) is 0 Å². The minimum atomic E-state index is 0.502. The molecular weight excluding hydrogens is 310 g/mol. The molecule has 0 aromatic heterocycles. The highest BCUT2D eigenvalue weighted by Gasteiger charge is 2.43. The summed E-state index contributed by atoms with van der Waals surface area (Å²) in [6.07, 6.45) is 8.78. The molecule has 0 radical (unpaired) electrons. The van der Waals surface area contributed by atoms with E-state index in [0.717, 1.165) is 31.7 Å². The Hall–Kier alpha value is -1.55. The number of guanidine groups is 1. The van der Waals surface area contributed by atoms with Crippen LogP contribution in [-0.2, 0) is 11.3 Å². The summed E-state index contributed by atoms with van der Waals surface area (Å²) in [5.74, 6) is 1.20. The Morgan fingerprint density at radius 1 is 1.12 bits per heavy atom. The number of aliphatic imine (C=N–C) groups is 1. The summed E-state index contributed by atoms with van der Waals surface area (Å²) in [6.45, 7) is 3.87. The molecule has 1 aromatic rings. The maximum atomic E-state index is 5.80. The first-order chi connectivity index (χ1) is 12.3. The van der Waals surface area contributed by atoms with Gasteiger partial charge in [-0.1, -0.05) is 30.3 Å². The lowest BCUT2D eigenvalue weighted by Gasteiger charge is -2.44. The Balaban J connectivity index is 1.19. The zero-order chi connectivity index (χ0) is 17.1. The Morgan fingerprint density at radius 2 is 1.92 bits per heavy atom. The second-order valence-corrected chi connectivity index (χ2v) is 7.95. The highest BCUT2D eigenvalue weighted by Crippen LogP contribution is 2.36. The molecule has 0 aliphatic carbocycles. The summed E-state index contributed by atoms with van der Waals surface area (Å²) >= 11 is 0. The van der Waals surface area contributed by atoms with E-state index in [0.29, 0.717) is 12.1 Å². The molecule has 136 valence electrons. The molecule has 0 unspecified atom stereocenters. The van der Waals surface area contributed by atoms with Crippen LogP contribution in [0.5, 0.6) is 0 Å². The van der Waals surface area contributed by atoms with Gasteiger partial charge in [-0.25, -0.2) is 4.99 Å². The van der Waals surface area contributed by atoms with Gasteiger partial charge in [0, 0.05) is 24.7 Å². The third-order valence-electron chi connectivity index (χ3n) is 5.90. The van der Waals surface area contributed by atoms with Crippen molar-refractivity contribution in [2.45, 2.75) is 82.6 Å². The van der Waals surface area contributed by atoms with Gasteiger partial charge in [-0.05, 0) is 57.4 Å². The smallest absolute Gasteiger partial charge is 0.194 e. The SMILES string of the molecule is C[C@@H]1C[C@@H]2CC[C@@H]3C[C@H](CCCCOCc4ccccc4)N=C(N1)N32. The Bertz CT molecular complexity index is 588. The van der Waals surface area contributed by atoms with Gasteiger partial charge >= 0.3 is 0 Å². The topological polar surface area (TPSA) is 36.9 Å². The number of hydrogen-bond donors (Lipinski definition) is 1. The Labute approximate surface area is 151 Å². The summed E-state index contributed by atoms with van der Waals surface area (Å²) in [4.78, 5) is 7.65. The van der Waals surface area contributed by atoms with Crippen molar-refractivity contribution in [1.29, 1.82) is 0 Å². The van der Waals surface area contributed by atoms with Crippen molar-refractivity contribution in [3.05, 3.63) is 35.9 Å². The zero-order valence-electron chi connectivity index (χ0n) is 15.4. The molecule has 25 heavy (non-hydrogen) atoms. The molecule has 0 saturated carbocycles. The lowest BCUT2D eigenvalue weighted by Crippen LogP contribution is -2.59. The molecule has 0 bridgehead atoms. The molecule has 0 amide bonds. The molecule has 0 spiro atoms. The molecule has 4 nitrogen and oxygen atoms in total. The van der Waals surface area contributed by atoms with E-state index in [-0.39, 0.29) is 0 Å². The molecule has 2 saturated heterocycles. The molecule has 2 fully saturated rings. The first-order valence-corrected chi connectivity index (χ1v) is 10.0. The molecule has 1 N–H and O–H groups in total. The standard InChI is InChI=1S/C21H31N3O/c1-16-13-19-10-11-20-14-18(23-21(22-16)24(19)20)9-5-6-12-25-15-17-7-3-2-4-8-17/h2-4,7-8,16,18-20H,5-6,9-15H2,1H3,(H,22,23)/t16-,18+,19+,20-/m1/s1. The minimum absolute atomic E-state index is 0.502. The normalized spacial score (nSPS) is 30.6. The van der Waals surface area contributed by atoms with E-state index < -0.39 is 0 Å². The number of benzene rings is 1. The van der Waals surface area contributed by atoms with Gasteiger partial charge in [0.25, 0.3) is 0 Å². The molecule has 4 atom stereocenters. The van der Waals surface area contributed by atoms with Gasteiger partial charge in [-0.3, -0.25) is 0 Å². The fraction of sp³-hybridized carbons (Fsp3) is 0.667. The number of ether oxygens (including phenoxy) is 1. The van der Waals surface area contributed by atoms with Gasteiger partial charge in [0.05, 0.1) is 12.6 Å². The fourth-order valence-corrected chi connectivity index (χ4v) is 4.71. The second kappa shape index (κ2) is 7.77. The minimum Gasteiger partial charge on any atom is -0.377 e. The predicted octanol–water partition coefficient (Wildman–Crippen LogP) is 3.72. The van der Waals surface area contributed by atoms with Crippen LogP contribution in [0.2, 0.25) is 0 Å². The van der Waals surface area contributed by atoms with E-state index in [1.165, 1.54) is 50.0 Å². The number of unbranched alkanes of at least 4 members (excludes halogenated alkanes) is 1. The quantitative estimate of drug-likeness (QED) is 0.768. The first kappa shape index (κ1) is 16.9. The molecule has 3 heterocycles. The largest absolute Gasteiger partial charge is 0.377 e. The van der Waals surface area contributed by atoms with E-state index >= 15 is 0 Å². The summed E-state index contributed by atoms with van der Waals surface area (Å²) in [5, 5.41) is 3.63. The van der Waals surface area contributed by atoms with E-state index in [9.17, 15) is 0 Å². The maximum Gasteiger partial charge on any atom is 0.194 e. The summed E-state index contributed by atoms with van der Waals surface area (Å²) in [6, 6.07) is 13.0. The lowest BCUT2D eigenvalue weighted by atomic mass is 9.98. The van der Waals surface area contributed by atoms with Crippen molar-refractivity contribution < 1.29 is 4.74 Å². The molecule has 1 aromatic carbocycles. The Morgan fingerprint density at radius 3 is 2.76 bits per heavy atom. The average molecular weight is 341 g/mol. The van der Waals surface area contributed by atoms with Gasteiger partial charge in [0.15, 0.2) is 5.96 Å². The summed E-state index contributed by atoms with van der Waals surface area (Å²) < 4.78 is 5.80. The number of nitrogens with zero attached hydrogens (tertiary/aromatic N) is 2. The van der Waals surface area contributed by atoms with Crippen molar-refractivity contribution in [2.75, 3.05) is 6.61 Å². The summed E-state index contributed by atoms with van der Waals surface area (Å²) in [5.41, 5.74) is 1.26. The highest BCUT2D eigenvalue weighted by molar-refractivity contribution is 5.83. The van der Waals surface area contributed by atoms with Gasteiger partial charge in [-0.15, -0.1) is 0 Å². The number of nitrogens with one attached hydrogen (secondary N) is 1. The fourth-order valence-electron chi connectivity index (χ4n) is 4.71. The van der Waals surface area contributed by atoms with E-state index in [1.54, 1.807) is 0 Å². The molecule has 4 heteroatoms. The maximum absolute atomic E-state index is 5.80. The van der Waals surface area contributed by atoms with Crippen LogP contribution in [0.1, 0.15) is 57.4 Å². The highest BCUT2D eigenvalue weighted by atomic mass is 16.5. The van der Waals surface area contributed by atoms with Crippen LogP contribution in [-0.4, -0.2) is 41.6 Å². The zero-order valence-corrected chi connectivity index (χ0v) is 15.4. The molecule has 4 rings (SSSR count). The van der Waals surface area contributed by atoms with Crippen LogP contribution in [0.25, 0.3) is 0 Å². The predicted molar refractivity (Wildman–Crippen MR) is 102 cm³/mol. The van der Waals surface area contributed by atoms with Crippen LogP contribution in [0.3, 0.4) is 0 Å². The molecule has 3 aliphatic rings. The van der Waals surface area contributed by atoms with Crippen molar-refractivity contribution in [1.82, 2.24) is 10.2 Å². The monoisotopic (exact) mass is 341 g/mol. The van der Waals surface area contributed by atoms with Crippen LogP contribution in [0.4, 0.5) is 0 Å². The van der Waals surface area contributed by atoms with Gasteiger partial charge in [0.1, 0.15) is 0 Å². The number of rotatable bonds is 7.